The largest absolute Gasteiger partial charge is 0.477 e. The summed E-state index contributed by atoms with van der Waals surface area (Å²) in [6.07, 6.45) is 8.64. The Morgan fingerprint density at radius 1 is 0.861 bits per heavy atom. The van der Waals surface area contributed by atoms with E-state index >= 15 is 4.39 Å². The van der Waals surface area contributed by atoms with Crippen LogP contribution in [-0.2, 0) is 27.5 Å². The van der Waals surface area contributed by atoms with Crippen LogP contribution in [-0.4, -0.2) is 129 Å². The number of hydrogen-bond donors (Lipinski definition) is 6. The fourth-order valence-electron chi connectivity index (χ4n) is 9.25. The van der Waals surface area contributed by atoms with Gasteiger partial charge in [-0.2, -0.15) is 0 Å². The Hall–Kier alpha value is -6.61. The van der Waals surface area contributed by atoms with Crippen molar-refractivity contribution in [3.8, 4) is 0 Å². The van der Waals surface area contributed by atoms with Gasteiger partial charge < -0.3 is 51.2 Å². The average Bonchev–Trinajstić information content (AvgIpc) is 3.97. The van der Waals surface area contributed by atoms with E-state index < -0.39 is 34.9 Å². The standard InChI is InChI=1S/C51H73FN12O8/c1-6-60-30-39(49(68)69)48(67)38-26-40(52)44(27-43(38)60)61-22-24-62(25-23-61)51(71)72-32-35-13-15-36(16-14-35)56-28-37(12-11-20-55-50(53)70)64-31-42(58-59-64)47(34(4)5)57-29-41(33(2)3)54-19-9-7-8-10-21-63-45(65)17-18-46(63)66/h13-16,26-27,30-31,33-34,37,41,47,54,56-57H,6-12,17-25,28-29,32H2,1-5H3,(H,68,69)(H3,53,55,70)/t37-,41+,47-/m0/s1. The van der Waals surface area contributed by atoms with E-state index in [0.29, 0.717) is 76.4 Å². The molecule has 2 aliphatic rings. The average molecular weight is 1000 g/mol. The number of nitrogens with zero attached hydrogens (tertiary/aromatic N) is 7. The monoisotopic (exact) mass is 1000 g/mol. The first-order valence-electron chi connectivity index (χ1n) is 25.4. The van der Waals surface area contributed by atoms with Crippen molar-refractivity contribution >= 4 is 52.2 Å². The molecule has 0 bridgehead atoms. The summed E-state index contributed by atoms with van der Waals surface area (Å²) in [5.74, 6) is -1.50. The number of rotatable bonds is 27. The van der Waals surface area contributed by atoms with Gasteiger partial charge in [-0.05, 0) is 80.8 Å². The number of fused-ring (bicyclic) bond motifs is 1. The summed E-state index contributed by atoms with van der Waals surface area (Å²) in [7, 11) is 0. The lowest BCUT2D eigenvalue weighted by molar-refractivity contribution is -0.138. The summed E-state index contributed by atoms with van der Waals surface area (Å²) in [6, 6.07) is 9.76. The second-order valence-electron chi connectivity index (χ2n) is 19.4. The van der Waals surface area contributed by atoms with E-state index in [1.165, 1.54) is 11.1 Å². The summed E-state index contributed by atoms with van der Waals surface area (Å²) in [6.45, 7) is 15.3. The number of primary amides is 1. The van der Waals surface area contributed by atoms with Crippen molar-refractivity contribution in [2.45, 2.75) is 117 Å². The second-order valence-corrected chi connectivity index (χ2v) is 19.4. The molecule has 7 N–H and O–H groups in total. The number of aromatic nitrogens is 4. The van der Waals surface area contributed by atoms with E-state index in [2.05, 4.69) is 59.3 Å². The first kappa shape index (κ1) is 54.7. The molecule has 392 valence electrons. The van der Waals surface area contributed by atoms with Crippen LogP contribution in [0.25, 0.3) is 10.9 Å². The first-order valence-corrected chi connectivity index (χ1v) is 25.4. The van der Waals surface area contributed by atoms with Crippen molar-refractivity contribution in [2.75, 3.05) is 69.1 Å². The number of hydrogen-bond acceptors (Lipinski definition) is 13. The molecule has 72 heavy (non-hydrogen) atoms. The molecule has 2 fully saturated rings. The number of nitrogens with one attached hydrogen (secondary N) is 4. The Bertz CT molecular complexity index is 2530. The predicted molar refractivity (Wildman–Crippen MR) is 272 cm³/mol. The number of amides is 5. The minimum absolute atomic E-state index is 0.00306. The number of halogens is 1. The van der Waals surface area contributed by atoms with Crippen LogP contribution >= 0.6 is 0 Å². The van der Waals surface area contributed by atoms with Crippen LogP contribution in [0.4, 0.5) is 25.4 Å². The molecular formula is C51H73FN12O8. The molecule has 3 atom stereocenters. The van der Waals surface area contributed by atoms with Crippen LogP contribution in [0.3, 0.4) is 0 Å². The molecule has 0 radical (unpaired) electrons. The van der Waals surface area contributed by atoms with Gasteiger partial charge in [-0.1, -0.05) is 57.9 Å². The SMILES string of the molecule is CCn1cc(C(=O)O)c(=O)c2cc(F)c(N3CCN(C(=O)OCc4ccc(NC[C@H](CCCNC(N)=O)n5cc([C@@H](NC[C@@H](NCCCCCCN6C(=O)CCC6=O)C(C)C)C(C)C)nn5)cc4)CC3)cc21. The van der Waals surface area contributed by atoms with Crippen molar-refractivity contribution in [1.29, 1.82) is 0 Å². The molecular weight excluding hydrogens is 928 g/mol. The molecule has 0 aliphatic carbocycles. The fraction of sp³-hybridized carbons (Fsp3) is 0.569. The maximum absolute atomic E-state index is 15.4. The summed E-state index contributed by atoms with van der Waals surface area (Å²) in [5, 5.41) is 32.4. The van der Waals surface area contributed by atoms with Gasteiger partial charge >= 0.3 is 18.1 Å². The summed E-state index contributed by atoms with van der Waals surface area (Å²) in [4.78, 5) is 77.5. The highest BCUT2D eigenvalue weighted by molar-refractivity contribution is 6.01. The third-order valence-electron chi connectivity index (χ3n) is 13.6. The third kappa shape index (κ3) is 14.7. The van der Waals surface area contributed by atoms with Crippen molar-refractivity contribution in [3.63, 3.8) is 0 Å². The van der Waals surface area contributed by atoms with Gasteiger partial charge in [0.2, 0.25) is 17.2 Å². The highest BCUT2D eigenvalue weighted by Crippen LogP contribution is 2.28. The Morgan fingerprint density at radius 3 is 2.22 bits per heavy atom. The van der Waals surface area contributed by atoms with Crippen LogP contribution in [0.5, 0.6) is 0 Å². The molecule has 0 unspecified atom stereocenters. The fourth-order valence-corrected chi connectivity index (χ4v) is 9.25. The zero-order valence-corrected chi connectivity index (χ0v) is 42.3. The number of ether oxygens (including phenoxy) is 1. The van der Waals surface area contributed by atoms with Gasteiger partial charge in [0, 0.05) is 95.1 Å². The number of carbonyl (C=O) groups is 5. The predicted octanol–water partition coefficient (Wildman–Crippen LogP) is 5.62. The number of carboxylic acids is 1. The molecule has 21 heteroatoms. The Balaban J connectivity index is 0.974. The molecule has 4 aromatic rings. The highest BCUT2D eigenvalue weighted by atomic mass is 19.1. The minimum atomic E-state index is -1.37. The molecule has 2 aromatic heterocycles. The van der Waals surface area contributed by atoms with Crippen LogP contribution in [0.1, 0.15) is 120 Å². The van der Waals surface area contributed by atoms with Crippen LogP contribution < -0.4 is 37.3 Å². The number of carboxylic acid groups (broad SMARTS) is 1. The topological polar surface area (TPSA) is 251 Å². The van der Waals surface area contributed by atoms with E-state index in [4.69, 9.17) is 10.5 Å². The van der Waals surface area contributed by atoms with Crippen molar-refractivity contribution in [2.24, 2.45) is 17.6 Å². The van der Waals surface area contributed by atoms with Crippen LogP contribution in [0, 0.1) is 17.7 Å². The number of benzene rings is 2. The van der Waals surface area contributed by atoms with E-state index in [-0.39, 0.29) is 66.6 Å². The third-order valence-corrected chi connectivity index (χ3v) is 13.6. The number of imide groups is 1. The van der Waals surface area contributed by atoms with Gasteiger partial charge in [0.15, 0.2) is 0 Å². The summed E-state index contributed by atoms with van der Waals surface area (Å²) >= 11 is 0. The van der Waals surface area contributed by atoms with Crippen molar-refractivity contribution in [1.82, 2.24) is 45.3 Å². The molecule has 2 saturated heterocycles. The maximum Gasteiger partial charge on any atom is 0.410 e. The van der Waals surface area contributed by atoms with Crippen molar-refractivity contribution < 1.29 is 38.2 Å². The van der Waals surface area contributed by atoms with E-state index in [0.717, 1.165) is 61.8 Å². The minimum Gasteiger partial charge on any atom is -0.477 e. The van der Waals surface area contributed by atoms with Gasteiger partial charge in [0.1, 0.15) is 18.0 Å². The number of aryl methyl sites for hydroxylation is 1. The van der Waals surface area contributed by atoms with Gasteiger partial charge in [0.05, 0.1) is 35.2 Å². The first-order chi connectivity index (χ1) is 34.5. The number of aromatic carboxylic acids is 1. The molecule has 2 aliphatic heterocycles. The van der Waals surface area contributed by atoms with E-state index in [1.807, 2.05) is 42.1 Å². The number of unbranched alkanes of at least 4 members (excludes halogenated alkanes) is 3. The molecule has 2 aromatic carbocycles. The van der Waals surface area contributed by atoms with Crippen LogP contribution in [0.15, 0.2) is 53.6 Å². The molecule has 0 spiro atoms. The van der Waals surface area contributed by atoms with Gasteiger partial charge in [-0.15, -0.1) is 5.10 Å². The Morgan fingerprint density at radius 2 is 1.57 bits per heavy atom. The smallest absolute Gasteiger partial charge is 0.410 e. The molecule has 6 rings (SSSR count). The number of piperazine rings is 1. The Kier molecular flexibility index (Phi) is 19.9. The lowest BCUT2D eigenvalue weighted by Gasteiger charge is -2.35. The molecule has 0 saturated carbocycles. The second kappa shape index (κ2) is 26.2. The number of likely N-dealkylation sites (tertiary alicyclic amines) is 1. The van der Waals surface area contributed by atoms with E-state index in [1.54, 1.807) is 20.4 Å². The van der Waals surface area contributed by atoms with E-state index in [9.17, 15) is 33.9 Å². The summed E-state index contributed by atoms with van der Waals surface area (Å²) < 4.78 is 24.6. The number of pyridine rings is 1. The molecule has 20 nitrogen and oxygen atoms in total. The number of urea groups is 1. The molecule has 5 amide bonds. The summed E-state index contributed by atoms with van der Waals surface area (Å²) in [5.41, 5.74) is 7.36. The van der Waals surface area contributed by atoms with Gasteiger partial charge in [-0.25, -0.2) is 23.5 Å². The highest BCUT2D eigenvalue weighted by Gasteiger charge is 2.29. The zero-order chi connectivity index (χ0) is 51.9. The number of carbonyl (C=O) groups excluding carboxylic acids is 4. The molecule has 4 heterocycles. The number of anilines is 2. The normalized spacial score (nSPS) is 15.4. The van der Waals surface area contributed by atoms with Crippen LogP contribution in [0.2, 0.25) is 0 Å². The number of nitrogens with two attached hydrogens (primary N) is 1. The lowest BCUT2D eigenvalue weighted by Crippen LogP contribution is -2.49. The zero-order valence-electron chi connectivity index (χ0n) is 42.3. The van der Waals surface area contributed by atoms with Gasteiger partial charge in [0.25, 0.3) is 0 Å². The maximum atomic E-state index is 15.4. The lowest BCUT2D eigenvalue weighted by atomic mass is 9.99. The van der Waals surface area contributed by atoms with Crippen molar-refractivity contribution in [3.05, 3.63) is 81.7 Å². The quantitative estimate of drug-likeness (QED) is 0.0314. The Labute approximate surface area is 420 Å². The van der Waals surface area contributed by atoms with Gasteiger partial charge in [-0.3, -0.25) is 19.3 Å².